The van der Waals surface area contributed by atoms with Crippen LogP contribution in [0.1, 0.15) is 16.7 Å². The van der Waals surface area contributed by atoms with E-state index >= 15 is 0 Å². The Bertz CT molecular complexity index is 1230. The number of hydrogen-bond donors (Lipinski definition) is 1. The SMILES string of the molecule is COc1cc(/C=C2/NC(=O)N(Cc3ccccc3)C2=O)ccc1OCc1ccc(Cl)c(Cl)c1. The zero-order valence-electron chi connectivity index (χ0n) is 17.7. The Balaban J connectivity index is 1.48. The van der Waals surface area contributed by atoms with Gasteiger partial charge in [0.1, 0.15) is 12.3 Å². The molecule has 0 atom stereocenters. The molecule has 1 aliphatic rings. The number of carbonyl (C=O) groups excluding carboxylic acids is 2. The van der Waals surface area contributed by atoms with Gasteiger partial charge in [0.15, 0.2) is 11.5 Å². The second-order valence-corrected chi connectivity index (χ2v) is 8.13. The minimum absolute atomic E-state index is 0.197. The van der Waals surface area contributed by atoms with Gasteiger partial charge in [-0.3, -0.25) is 9.69 Å². The fraction of sp³-hybridized carbons (Fsp3) is 0.120. The van der Waals surface area contributed by atoms with Crippen LogP contribution in [-0.4, -0.2) is 23.9 Å². The highest BCUT2D eigenvalue weighted by Gasteiger charge is 2.33. The minimum Gasteiger partial charge on any atom is -0.493 e. The maximum Gasteiger partial charge on any atom is 0.329 e. The van der Waals surface area contributed by atoms with Crippen molar-refractivity contribution in [1.29, 1.82) is 0 Å². The Morgan fingerprint density at radius 1 is 0.909 bits per heavy atom. The summed E-state index contributed by atoms with van der Waals surface area (Å²) < 4.78 is 11.3. The molecule has 6 nitrogen and oxygen atoms in total. The second-order valence-electron chi connectivity index (χ2n) is 7.31. The van der Waals surface area contributed by atoms with Crippen LogP contribution in [0.4, 0.5) is 4.79 Å². The molecular formula is C25H20Cl2N2O4. The number of benzene rings is 3. The predicted octanol–water partition coefficient (Wildman–Crippen LogP) is 5.67. The summed E-state index contributed by atoms with van der Waals surface area (Å²) in [6, 6.07) is 19.4. The van der Waals surface area contributed by atoms with Gasteiger partial charge >= 0.3 is 6.03 Å². The van der Waals surface area contributed by atoms with Crippen molar-refractivity contribution in [1.82, 2.24) is 10.2 Å². The van der Waals surface area contributed by atoms with Crippen molar-refractivity contribution in [3.05, 3.63) is 99.2 Å². The summed E-state index contributed by atoms with van der Waals surface area (Å²) in [5, 5.41) is 3.57. The van der Waals surface area contributed by atoms with E-state index in [1.807, 2.05) is 36.4 Å². The number of carbonyl (C=O) groups is 2. The van der Waals surface area contributed by atoms with Crippen molar-refractivity contribution < 1.29 is 19.1 Å². The first kappa shape index (κ1) is 22.7. The third-order valence-electron chi connectivity index (χ3n) is 5.02. The zero-order chi connectivity index (χ0) is 23.4. The third-order valence-corrected chi connectivity index (χ3v) is 5.76. The molecule has 0 aliphatic carbocycles. The number of imide groups is 1. The van der Waals surface area contributed by atoms with Gasteiger partial charge in [-0.1, -0.05) is 65.7 Å². The van der Waals surface area contributed by atoms with Crippen LogP contribution >= 0.6 is 23.2 Å². The molecule has 1 N–H and O–H groups in total. The first-order chi connectivity index (χ1) is 15.9. The number of nitrogens with one attached hydrogen (secondary N) is 1. The van der Waals surface area contributed by atoms with E-state index in [4.69, 9.17) is 32.7 Å². The van der Waals surface area contributed by atoms with Gasteiger partial charge in [-0.25, -0.2) is 4.79 Å². The van der Waals surface area contributed by atoms with Crippen LogP contribution in [-0.2, 0) is 17.9 Å². The number of amides is 3. The number of methoxy groups -OCH3 is 1. The summed E-state index contributed by atoms with van der Waals surface area (Å²) in [7, 11) is 1.53. The molecule has 3 aromatic rings. The maximum atomic E-state index is 12.8. The van der Waals surface area contributed by atoms with Crippen LogP contribution < -0.4 is 14.8 Å². The van der Waals surface area contributed by atoms with Gasteiger partial charge in [-0.15, -0.1) is 0 Å². The van der Waals surface area contributed by atoms with Crippen LogP contribution in [0.2, 0.25) is 10.0 Å². The average Bonchev–Trinajstić information content (AvgIpc) is 3.08. The first-order valence-corrected chi connectivity index (χ1v) is 10.8. The molecule has 1 fully saturated rings. The Morgan fingerprint density at radius 2 is 1.70 bits per heavy atom. The number of halogens is 2. The van der Waals surface area contributed by atoms with E-state index in [2.05, 4.69) is 5.32 Å². The monoisotopic (exact) mass is 482 g/mol. The molecule has 1 saturated heterocycles. The molecule has 0 saturated carbocycles. The molecule has 0 radical (unpaired) electrons. The smallest absolute Gasteiger partial charge is 0.329 e. The van der Waals surface area contributed by atoms with Crippen LogP contribution in [0, 0.1) is 0 Å². The van der Waals surface area contributed by atoms with Crippen molar-refractivity contribution in [3.63, 3.8) is 0 Å². The van der Waals surface area contributed by atoms with Gasteiger partial charge in [0.25, 0.3) is 5.91 Å². The molecule has 0 spiro atoms. The number of rotatable bonds is 7. The summed E-state index contributed by atoms with van der Waals surface area (Å²) in [4.78, 5) is 26.3. The highest BCUT2D eigenvalue weighted by molar-refractivity contribution is 6.42. The van der Waals surface area contributed by atoms with Gasteiger partial charge < -0.3 is 14.8 Å². The minimum atomic E-state index is -0.455. The Kier molecular flexibility index (Phi) is 6.87. The third kappa shape index (κ3) is 5.30. The molecule has 0 bridgehead atoms. The van der Waals surface area contributed by atoms with E-state index in [0.717, 1.165) is 11.1 Å². The Hall–Kier alpha value is -3.48. The highest BCUT2D eigenvalue weighted by atomic mass is 35.5. The van der Waals surface area contributed by atoms with Crippen molar-refractivity contribution in [2.45, 2.75) is 13.2 Å². The largest absolute Gasteiger partial charge is 0.493 e. The molecule has 4 rings (SSSR count). The molecule has 33 heavy (non-hydrogen) atoms. The topological polar surface area (TPSA) is 67.9 Å². The van der Waals surface area contributed by atoms with Gasteiger partial charge in [0, 0.05) is 0 Å². The van der Waals surface area contributed by atoms with Gasteiger partial charge in [-0.05, 0) is 47.0 Å². The van der Waals surface area contributed by atoms with E-state index in [9.17, 15) is 9.59 Å². The van der Waals surface area contributed by atoms with Crippen molar-refractivity contribution in [3.8, 4) is 11.5 Å². The first-order valence-electron chi connectivity index (χ1n) is 10.1. The zero-order valence-corrected chi connectivity index (χ0v) is 19.2. The molecule has 3 amide bonds. The normalized spacial score (nSPS) is 14.5. The molecule has 0 unspecified atom stereocenters. The van der Waals surface area contributed by atoms with E-state index in [0.29, 0.717) is 27.1 Å². The lowest BCUT2D eigenvalue weighted by Gasteiger charge is -2.12. The lowest BCUT2D eigenvalue weighted by Crippen LogP contribution is -2.30. The van der Waals surface area contributed by atoms with Gasteiger partial charge in [0.05, 0.1) is 23.7 Å². The summed E-state index contributed by atoms with van der Waals surface area (Å²) >= 11 is 12.0. The molecular weight excluding hydrogens is 463 g/mol. The van der Waals surface area contributed by atoms with E-state index in [1.165, 1.54) is 12.0 Å². The van der Waals surface area contributed by atoms with Crippen LogP contribution in [0.5, 0.6) is 11.5 Å². The molecule has 1 heterocycles. The lowest BCUT2D eigenvalue weighted by atomic mass is 10.1. The number of nitrogens with zero attached hydrogens (tertiary/aromatic N) is 1. The lowest BCUT2D eigenvalue weighted by molar-refractivity contribution is -0.123. The number of hydrogen-bond acceptors (Lipinski definition) is 4. The van der Waals surface area contributed by atoms with Gasteiger partial charge in [-0.2, -0.15) is 0 Å². The van der Waals surface area contributed by atoms with Crippen molar-refractivity contribution in [2.75, 3.05) is 7.11 Å². The molecule has 8 heteroatoms. The second kappa shape index (κ2) is 9.98. The molecule has 168 valence electrons. The fourth-order valence-electron chi connectivity index (χ4n) is 3.33. The van der Waals surface area contributed by atoms with E-state index in [-0.39, 0.29) is 24.8 Å². The predicted molar refractivity (Wildman–Crippen MR) is 127 cm³/mol. The summed E-state index contributed by atoms with van der Waals surface area (Å²) in [5.74, 6) is 0.628. The average molecular weight is 483 g/mol. The van der Waals surface area contributed by atoms with Gasteiger partial charge in [0.2, 0.25) is 0 Å². The van der Waals surface area contributed by atoms with Crippen LogP contribution in [0.3, 0.4) is 0 Å². The van der Waals surface area contributed by atoms with Crippen molar-refractivity contribution >= 4 is 41.2 Å². The Morgan fingerprint density at radius 3 is 2.42 bits per heavy atom. The summed E-state index contributed by atoms with van der Waals surface area (Å²) in [6.07, 6.45) is 1.61. The molecule has 0 aromatic heterocycles. The standard InChI is InChI=1S/C25H20Cl2N2O4/c1-32-23-13-17(8-10-22(23)33-15-18-7-9-19(26)20(27)11-18)12-21-24(30)29(25(31)28-21)14-16-5-3-2-4-6-16/h2-13H,14-15H2,1H3,(H,28,31)/b21-12+. The Labute approximate surface area is 201 Å². The summed E-state index contributed by atoms with van der Waals surface area (Å²) in [5.41, 5.74) is 2.60. The van der Waals surface area contributed by atoms with E-state index in [1.54, 1.807) is 36.4 Å². The van der Waals surface area contributed by atoms with Crippen molar-refractivity contribution in [2.24, 2.45) is 0 Å². The number of urea groups is 1. The van der Waals surface area contributed by atoms with Crippen LogP contribution in [0.15, 0.2) is 72.4 Å². The van der Waals surface area contributed by atoms with E-state index < -0.39 is 6.03 Å². The quantitative estimate of drug-likeness (QED) is 0.347. The van der Waals surface area contributed by atoms with Crippen LogP contribution in [0.25, 0.3) is 6.08 Å². The summed E-state index contributed by atoms with van der Waals surface area (Å²) in [6.45, 7) is 0.477. The highest BCUT2D eigenvalue weighted by Crippen LogP contribution is 2.31. The fourth-order valence-corrected chi connectivity index (χ4v) is 3.65. The number of ether oxygens (including phenoxy) is 2. The molecule has 3 aromatic carbocycles. The molecule has 1 aliphatic heterocycles. The maximum absolute atomic E-state index is 12.8.